The highest BCUT2D eigenvalue weighted by atomic mass is 16.5. The third-order valence-electron chi connectivity index (χ3n) is 5.86. The van der Waals surface area contributed by atoms with Crippen LogP contribution in [-0.2, 0) is 0 Å². The van der Waals surface area contributed by atoms with E-state index < -0.39 is 5.63 Å². The van der Waals surface area contributed by atoms with E-state index in [1.165, 1.54) is 13.2 Å². The van der Waals surface area contributed by atoms with Crippen LogP contribution in [0.4, 0.5) is 5.69 Å². The summed E-state index contributed by atoms with van der Waals surface area (Å²) in [4.78, 5) is 25.7. The van der Waals surface area contributed by atoms with Crippen LogP contribution in [0.15, 0.2) is 86.4 Å². The molecule has 3 aromatic carbocycles. The Hall–Kier alpha value is -4.32. The van der Waals surface area contributed by atoms with Gasteiger partial charge >= 0.3 is 5.63 Å². The van der Waals surface area contributed by atoms with Gasteiger partial charge in [-0.1, -0.05) is 44.2 Å². The van der Waals surface area contributed by atoms with Crippen LogP contribution in [0.1, 0.15) is 35.7 Å². The predicted molar refractivity (Wildman–Crippen MR) is 133 cm³/mol. The third kappa shape index (κ3) is 3.73. The van der Waals surface area contributed by atoms with Gasteiger partial charge in [0.2, 0.25) is 0 Å². The first-order valence-electron chi connectivity index (χ1n) is 11.0. The van der Waals surface area contributed by atoms with Crippen LogP contribution in [0, 0.1) is 0 Å². The highest BCUT2D eigenvalue weighted by Crippen LogP contribution is 2.41. The second-order valence-corrected chi connectivity index (χ2v) is 8.35. The summed E-state index contributed by atoms with van der Waals surface area (Å²) >= 11 is 0. The normalized spacial score (nSPS) is 11.3. The predicted octanol–water partition coefficient (Wildman–Crippen LogP) is 6.59. The maximum absolute atomic E-state index is 13.3. The SMILES string of the molecule is COc1ccccc1C(=O)Nc1c(-c2cc(=O)oc3ccc(C(C)C)cc23)oc2ccccc12. The molecule has 170 valence electrons. The largest absolute Gasteiger partial charge is 0.496 e. The molecule has 5 aromatic rings. The Balaban J connectivity index is 1.74. The molecular weight excluding hydrogens is 430 g/mol. The van der Waals surface area contributed by atoms with E-state index in [9.17, 15) is 9.59 Å². The summed E-state index contributed by atoms with van der Waals surface area (Å²) in [5.41, 5.74) is 3.07. The van der Waals surface area contributed by atoms with Crippen molar-refractivity contribution in [3.05, 3.63) is 94.3 Å². The molecule has 0 spiro atoms. The van der Waals surface area contributed by atoms with E-state index in [2.05, 4.69) is 19.2 Å². The summed E-state index contributed by atoms with van der Waals surface area (Å²) < 4.78 is 17.0. The highest BCUT2D eigenvalue weighted by Gasteiger charge is 2.23. The molecule has 0 aliphatic rings. The number of rotatable bonds is 5. The zero-order chi connectivity index (χ0) is 23.8. The molecular formula is C28H23NO5. The molecule has 0 radical (unpaired) electrons. The van der Waals surface area contributed by atoms with Gasteiger partial charge in [-0.05, 0) is 47.9 Å². The lowest BCUT2D eigenvalue weighted by Gasteiger charge is -2.11. The van der Waals surface area contributed by atoms with Gasteiger partial charge in [0.05, 0.1) is 18.4 Å². The Bertz CT molecular complexity index is 1590. The standard InChI is InChI=1S/C28H23NO5/c1-16(2)17-12-13-24-20(14-17)21(15-25(30)33-24)27-26(18-8-4-7-11-23(18)34-27)29-28(31)19-9-5-6-10-22(19)32-3/h4-16H,1-3H3,(H,29,31). The van der Waals surface area contributed by atoms with Crippen molar-refractivity contribution in [2.45, 2.75) is 19.8 Å². The van der Waals surface area contributed by atoms with E-state index >= 15 is 0 Å². The molecule has 1 amide bonds. The van der Waals surface area contributed by atoms with Crippen molar-refractivity contribution in [2.75, 3.05) is 12.4 Å². The Morgan fingerprint density at radius 2 is 1.62 bits per heavy atom. The van der Waals surface area contributed by atoms with Gasteiger partial charge in [-0.3, -0.25) is 4.79 Å². The molecule has 2 aromatic heterocycles. The number of carbonyl (C=O) groups excluding carboxylic acids is 1. The molecule has 0 unspecified atom stereocenters. The van der Waals surface area contributed by atoms with E-state index in [-0.39, 0.29) is 11.8 Å². The average Bonchev–Trinajstić information content (AvgIpc) is 3.21. The second kappa shape index (κ2) is 8.56. The molecule has 34 heavy (non-hydrogen) atoms. The number of carbonyl (C=O) groups is 1. The monoisotopic (exact) mass is 453 g/mol. The molecule has 6 nitrogen and oxygen atoms in total. The van der Waals surface area contributed by atoms with E-state index in [1.807, 2.05) is 36.4 Å². The number of furan rings is 1. The van der Waals surface area contributed by atoms with Gasteiger partial charge in [0.25, 0.3) is 5.91 Å². The Kier molecular flexibility index (Phi) is 5.42. The summed E-state index contributed by atoms with van der Waals surface area (Å²) in [5, 5.41) is 4.46. The maximum Gasteiger partial charge on any atom is 0.336 e. The van der Waals surface area contributed by atoms with Gasteiger partial charge in [0.15, 0.2) is 5.76 Å². The van der Waals surface area contributed by atoms with E-state index in [4.69, 9.17) is 13.6 Å². The molecule has 1 N–H and O–H groups in total. The van der Waals surface area contributed by atoms with Crippen molar-refractivity contribution in [1.29, 1.82) is 0 Å². The number of hydrogen-bond donors (Lipinski definition) is 1. The lowest BCUT2D eigenvalue weighted by atomic mass is 9.98. The maximum atomic E-state index is 13.3. The summed E-state index contributed by atoms with van der Waals surface area (Å²) in [7, 11) is 1.52. The van der Waals surface area contributed by atoms with Crippen molar-refractivity contribution in [2.24, 2.45) is 0 Å². The van der Waals surface area contributed by atoms with Gasteiger partial charge in [0, 0.05) is 22.4 Å². The number of methoxy groups -OCH3 is 1. The average molecular weight is 453 g/mol. The number of anilines is 1. The molecule has 6 heteroatoms. The Morgan fingerprint density at radius 1 is 0.882 bits per heavy atom. The van der Waals surface area contributed by atoms with Crippen LogP contribution in [0.5, 0.6) is 5.75 Å². The molecule has 2 heterocycles. The number of nitrogens with one attached hydrogen (secondary N) is 1. The number of para-hydroxylation sites is 2. The third-order valence-corrected chi connectivity index (χ3v) is 5.86. The molecule has 0 saturated heterocycles. The lowest BCUT2D eigenvalue weighted by Crippen LogP contribution is -2.13. The molecule has 5 rings (SSSR count). The first-order chi connectivity index (χ1) is 16.5. The van der Waals surface area contributed by atoms with Gasteiger partial charge in [0.1, 0.15) is 16.9 Å². The minimum absolute atomic E-state index is 0.282. The van der Waals surface area contributed by atoms with Gasteiger partial charge < -0.3 is 18.9 Å². The van der Waals surface area contributed by atoms with Crippen LogP contribution in [-0.4, -0.2) is 13.0 Å². The minimum Gasteiger partial charge on any atom is -0.496 e. The van der Waals surface area contributed by atoms with Crippen LogP contribution >= 0.6 is 0 Å². The summed E-state index contributed by atoms with van der Waals surface area (Å²) in [6, 6.07) is 21.6. The van der Waals surface area contributed by atoms with E-state index in [1.54, 1.807) is 30.3 Å². The number of amides is 1. The topological polar surface area (TPSA) is 81.7 Å². The second-order valence-electron chi connectivity index (χ2n) is 8.35. The molecule has 0 fully saturated rings. The Morgan fingerprint density at radius 3 is 2.41 bits per heavy atom. The van der Waals surface area contributed by atoms with Crippen molar-refractivity contribution in [3.63, 3.8) is 0 Å². The molecule has 0 atom stereocenters. The number of hydrogen-bond acceptors (Lipinski definition) is 5. The number of ether oxygens (including phenoxy) is 1. The highest BCUT2D eigenvalue weighted by molar-refractivity contribution is 6.14. The van der Waals surface area contributed by atoms with Crippen LogP contribution < -0.4 is 15.7 Å². The minimum atomic E-state index is -0.498. The number of benzene rings is 3. The van der Waals surface area contributed by atoms with Crippen molar-refractivity contribution in [1.82, 2.24) is 0 Å². The van der Waals surface area contributed by atoms with E-state index in [0.29, 0.717) is 39.5 Å². The van der Waals surface area contributed by atoms with E-state index in [0.717, 1.165) is 16.3 Å². The molecule has 0 saturated carbocycles. The molecule has 0 aliphatic heterocycles. The van der Waals surface area contributed by atoms with Gasteiger partial charge in [-0.2, -0.15) is 0 Å². The fourth-order valence-corrected chi connectivity index (χ4v) is 4.10. The lowest BCUT2D eigenvalue weighted by molar-refractivity contribution is 0.102. The Labute approximate surface area is 195 Å². The zero-order valence-electron chi connectivity index (χ0n) is 19.0. The quantitative estimate of drug-likeness (QED) is 0.304. The van der Waals surface area contributed by atoms with Crippen molar-refractivity contribution in [3.8, 4) is 17.1 Å². The van der Waals surface area contributed by atoms with Gasteiger partial charge in [-0.25, -0.2) is 4.79 Å². The first kappa shape index (κ1) is 21.5. The first-order valence-corrected chi connectivity index (χ1v) is 11.0. The molecule has 0 aliphatic carbocycles. The fraction of sp³-hybridized carbons (Fsp3) is 0.143. The van der Waals surface area contributed by atoms with Gasteiger partial charge in [-0.15, -0.1) is 0 Å². The molecule has 0 bridgehead atoms. The van der Waals surface area contributed by atoms with Crippen LogP contribution in [0.3, 0.4) is 0 Å². The van der Waals surface area contributed by atoms with Crippen molar-refractivity contribution < 1.29 is 18.4 Å². The summed E-state index contributed by atoms with van der Waals surface area (Å²) in [6.07, 6.45) is 0. The summed E-state index contributed by atoms with van der Waals surface area (Å²) in [6.45, 7) is 4.19. The van der Waals surface area contributed by atoms with Crippen LogP contribution in [0.2, 0.25) is 0 Å². The zero-order valence-corrected chi connectivity index (χ0v) is 19.0. The summed E-state index contributed by atoms with van der Waals surface area (Å²) in [5.74, 6) is 0.787. The fourth-order valence-electron chi connectivity index (χ4n) is 4.10. The van der Waals surface area contributed by atoms with Crippen LogP contribution in [0.25, 0.3) is 33.3 Å². The smallest absolute Gasteiger partial charge is 0.336 e. The van der Waals surface area contributed by atoms with Crippen molar-refractivity contribution >= 4 is 33.5 Å². The number of fused-ring (bicyclic) bond motifs is 2.